The molecule has 2 atom stereocenters. The monoisotopic (exact) mass is 538 g/mol. The smallest absolute Gasteiger partial charge is 0.159 e. The van der Waals surface area contributed by atoms with E-state index in [1.165, 1.54) is 12.4 Å². The summed E-state index contributed by atoms with van der Waals surface area (Å²) in [6.45, 7) is 3.78. The number of aryl methyl sites for hydroxylation is 3. The van der Waals surface area contributed by atoms with Crippen molar-refractivity contribution >= 4 is 44.9 Å². The Bertz CT molecular complexity index is 1250. The van der Waals surface area contributed by atoms with Gasteiger partial charge in [0, 0.05) is 47.6 Å². The zero-order chi connectivity index (χ0) is 24.4. The second-order valence-electron chi connectivity index (χ2n) is 8.82. The van der Waals surface area contributed by atoms with E-state index in [1.54, 1.807) is 0 Å². The summed E-state index contributed by atoms with van der Waals surface area (Å²) in [5, 5.41) is 0.452. The largest absolute Gasteiger partial charge is 0.300 e. The molecule has 4 rings (SSSR count). The van der Waals surface area contributed by atoms with E-state index in [0.717, 1.165) is 32.3 Å². The van der Waals surface area contributed by atoms with E-state index in [4.69, 9.17) is 11.6 Å². The Kier molecular flexibility index (Phi) is 7.39. The van der Waals surface area contributed by atoms with E-state index >= 15 is 0 Å². The lowest BCUT2D eigenvalue weighted by molar-refractivity contribution is -0.127. The molecule has 7 heteroatoms. The lowest BCUT2D eigenvalue weighted by Crippen LogP contribution is -2.19. The number of hydrogen-bond acceptors (Lipinski definition) is 5. The third kappa shape index (κ3) is 5.34. The molecule has 1 aromatic heterocycles. The molecule has 1 fully saturated rings. The number of rotatable bonds is 7. The number of aromatic nitrogens is 2. The quantitative estimate of drug-likeness (QED) is 0.344. The molecule has 5 nitrogen and oxygen atoms in total. The van der Waals surface area contributed by atoms with Gasteiger partial charge in [-0.1, -0.05) is 39.7 Å². The summed E-state index contributed by atoms with van der Waals surface area (Å²) in [7, 11) is 0. The van der Waals surface area contributed by atoms with Crippen molar-refractivity contribution in [2.75, 3.05) is 0 Å². The van der Waals surface area contributed by atoms with Crippen molar-refractivity contribution in [3.63, 3.8) is 0 Å². The maximum absolute atomic E-state index is 13.2. The van der Waals surface area contributed by atoms with E-state index < -0.39 is 11.8 Å². The lowest BCUT2D eigenvalue weighted by atomic mass is 9.85. The van der Waals surface area contributed by atoms with Crippen LogP contribution >= 0.6 is 27.5 Å². The van der Waals surface area contributed by atoms with Crippen molar-refractivity contribution in [2.45, 2.75) is 45.4 Å². The van der Waals surface area contributed by atoms with Gasteiger partial charge in [-0.15, -0.1) is 0 Å². The van der Waals surface area contributed by atoms with Crippen LogP contribution in [0, 0.1) is 19.8 Å². The topological polar surface area (TPSA) is 77.0 Å². The molecule has 0 spiro atoms. The molecule has 1 aliphatic carbocycles. The Hall–Kier alpha value is -2.70. The van der Waals surface area contributed by atoms with Crippen molar-refractivity contribution in [3.8, 4) is 11.4 Å². The minimum atomic E-state index is -0.817. The maximum Gasteiger partial charge on any atom is 0.159 e. The summed E-state index contributed by atoms with van der Waals surface area (Å²) >= 11 is 9.32. The minimum absolute atomic E-state index is 0.00968. The Balaban J connectivity index is 1.48. The van der Waals surface area contributed by atoms with Crippen LogP contribution in [0.1, 0.15) is 47.4 Å². The van der Waals surface area contributed by atoms with E-state index in [1.807, 2.05) is 50.2 Å². The van der Waals surface area contributed by atoms with Gasteiger partial charge >= 0.3 is 0 Å². The molecule has 34 heavy (non-hydrogen) atoms. The molecule has 0 N–H and O–H groups in total. The Labute approximate surface area is 212 Å². The van der Waals surface area contributed by atoms with Crippen molar-refractivity contribution in [1.29, 1.82) is 0 Å². The van der Waals surface area contributed by atoms with Crippen LogP contribution < -0.4 is 0 Å². The first-order chi connectivity index (χ1) is 16.2. The zero-order valence-corrected chi connectivity index (χ0v) is 21.3. The molecule has 0 bridgehead atoms. The molecule has 0 saturated heterocycles. The highest BCUT2D eigenvalue weighted by molar-refractivity contribution is 9.10. The van der Waals surface area contributed by atoms with Gasteiger partial charge in [-0.2, -0.15) is 0 Å². The first-order valence-electron chi connectivity index (χ1n) is 11.1. The normalized spacial score (nSPS) is 17.9. The second kappa shape index (κ2) is 10.3. The van der Waals surface area contributed by atoms with Crippen LogP contribution in [-0.4, -0.2) is 27.3 Å². The van der Waals surface area contributed by atoms with Gasteiger partial charge in [0.1, 0.15) is 17.5 Å². The molecule has 1 saturated carbocycles. The molecule has 1 aliphatic rings. The summed E-state index contributed by atoms with van der Waals surface area (Å²) in [6.07, 6.45) is 4.27. The SMILES string of the molecule is Cc1cc(-c2ncc(Cl)cn2)cc(C)c1C1C(=O)CC(CC(=O)CCc2cccc(Br)c2)C1=O. The standard InChI is InChI=1S/C27H24BrClN2O3/c1-15-8-19(27-30-13-21(29)14-31-27)9-16(2)24(15)25-23(33)12-18(26(25)34)11-22(32)7-6-17-4-3-5-20(28)10-17/h3-5,8-10,13-14,18,25H,6-7,11-12H2,1-2H3. The van der Waals surface area contributed by atoms with Gasteiger partial charge in [0.15, 0.2) is 11.6 Å². The van der Waals surface area contributed by atoms with Gasteiger partial charge in [0.25, 0.3) is 0 Å². The lowest BCUT2D eigenvalue weighted by Gasteiger charge is -2.17. The highest BCUT2D eigenvalue weighted by atomic mass is 79.9. The predicted molar refractivity (Wildman–Crippen MR) is 135 cm³/mol. The van der Waals surface area contributed by atoms with Gasteiger partial charge < -0.3 is 0 Å². The molecule has 0 aliphatic heterocycles. The van der Waals surface area contributed by atoms with Crippen molar-refractivity contribution in [3.05, 3.63) is 80.5 Å². The van der Waals surface area contributed by atoms with Gasteiger partial charge in [0.05, 0.1) is 5.02 Å². The highest BCUT2D eigenvalue weighted by Gasteiger charge is 2.43. The fraction of sp³-hybridized carbons (Fsp3) is 0.296. The minimum Gasteiger partial charge on any atom is -0.300 e. The second-order valence-corrected chi connectivity index (χ2v) is 10.2. The number of benzene rings is 2. The number of Topliss-reactive ketones (excluding diaryl/α,β-unsaturated/α-hetero) is 3. The Morgan fingerprint density at radius 2 is 1.76 bits per heavy atom. The van der Waals surface area contributed by atoms with E-state index in [9.17, 15) is 14.4 Å². The van der Waals surface area contributed by atoms with Crippen LogP contribution in [0.5, 0.6) is 0 Å². The number of halogens is 2. The van der Waals surface area contributed by atoms with Crippen LogP contribution in [0.3, 0.4) is 0 Å². The van der Waals surface area contributed by atoms with Crippen LogP contribution in [-0.2, 0) is 20.8 Å². The number of ketones is 3. The van der Waals surface area contributed by atoms with Gasteiger partial charge in [-0.25, -0.2) is 9.97 Å². The molecular formula is C27H24BrClN2O3. The number of carbonyl (C=O) groups excluding carboxylic acids is 3. The molecule has 1 heterocycles. The summed E-state index contributed by atoms with van der Waals surface area (Å²) in [6, 6.07) is 11.6. The Morgan fingerprint density at radius 3 is 2.41 bits per heavy atom. The molecule has 3 aromatic rings. The van der Waals surface area contributed by atoms with Gasteiger partial charge in [0.2, 0.25) is 0 Å². The Morgan fingerprint density at radius 1 is 1.09 bits per heavy atom. The van der Waals surface area contributed by atoms with Crippen LogP contribution in [0.25, 0.3) is 11.4 Å². The summed E-state index contributed by atoms with van der Waals surface area (Å²) < 4.78 is 0.969. The maximum atomic E-state index is 13.2. The number of nitrogens with zero attached hydrogens (tertiary/aromatic N) is 2. The third-order valence-corrected chi connectivity index (χ3v) is 6.96. The van der Waals surface area contributed by atoms with Crippen molar-refractivity contribution in [1.82, 2.24) is 9.97 Å². The fourth-order valence-electron chi connectivity index (χ4n) is 4.71. The van der Waals surface area contributed by atoms with Crippen LogP contribution in [0.15, 0.2) is 53.3 Å². The molecule has 0 radical (unpaired) electrons. The molecule has 0 amide bonds. The number of hydrogen-bond donors (Lipinski definition) is 0. The molecule has 2 unspecified atom stereocenters. The van der Waals surface area contributed by atoms with Crippen molar-refractivity contribution in [2.24, 2.45) is 5.92 Å². The first-order valence-corrected chi connectivity index (χ1v) is 12.3. The first kappa shape index (κ1) is 24.4. The summed E-state index contributed by atoms with van der Waals surface area (Å²) in [5.74, 6) is -1.09. The molecule has 2 aromatic carbocycles. The predicted octanol–water partition coefficient (Wildman–Crippen LogP) is 6.01. The average Bonchev–Trinajstić information content (AvgIpc) is 3.05. The number of carbonyl (C=O) groups is 3. The molecular weight excluding hydrogens is 516 g/mol. The van der Waals surface area contributed by atoms with Crippen LogP contribution in [0.2, 0.25) is 5.02 Å². The van der Waals surface area contributed by atoms with Gasteiger partial charge in [-0.3, -0.25) is 14.4 Å². The summed E-state index contributed by atoms with van der Waals surface area (Å²) in [5.41, 5.74) is 4.26. The third-order valence-electron chi connectivity index (χ3n) is 6.27. The van der Waals surface area contributed by atoms with E-state index in [0.29, 0.717) is 23.7 Å². The fourth-order valence-corrected chi connectivity index (χ4v) is 5.25. The van der Waals surface area contributed by atoms with Crippen molar-refractivity contribution < 1.29 is 14.4 Å². The van der Waals surface area contributed by atoms with Crippen LogP contribution in [0.4, 0.5) is 0 Å². The zero-order valence-electron chi connectivity index (χ0n) is 19.0. The van der Waals surface area contributed by atoms with Gasteiger partial charge in [-0.05, 0) is 66.8 Å². The van der Waals surface area contributed by atoms with E-state index in [2.05, 4.69) is 25.9 Å². The average molecular weight is 540 g/mol. The molecule has 174 valence electrons. The summed E-state index contributed by atoms with van der Waals surface area (Å²) in [4.78, 5) is 47.3. The van der Waals surface area contributed by atoms with E-state index in [-0.39, 0.29) is 30.2 Å². The highest BCUT2D eigenvalue weighted by Crippen LogP contribution is 2.38.